The maximum absolute atomic E-state index is 10.2. The summed E-state index contributed by atoms with van der Waals surface area (Å²) in [4.78, 5) is 2.23. The van der Waals surface area contributed by atoms with E-state index in [4.69, 9.17) is 5.73 Å². The van der Waals surface area contributed by atoms with Gasteiger partial charge in [-0.25, -0.2) is 0 Å². The number of aliphatic hydroxyl groups is 1. The monoisotopic (exact) mass is 214 g/mol. The summed E-state index contributed by atoms with van der Waals surface area (Å²) in [6, 6.07) is 0.454. The standard InChI is InChI=1S/C12H26N2O/c1-9(2)12(3,15)8-14(4)11(7-13)10-5-6-10/h9-11,15H,5-8,13H2,1-4H3. The lowest BCUT2D eigenvalue weighted by atomic mass is 9.91. The van der Waals surface area contributed by atoms with E-state index in [0.717, 1.165) is 5.92 Å². The molecule has 0 aliphatic heterocycles. The number of hydrogen-bond acceptors (Lipinski definition) is 3. The minimum atomic E-state index is -0.614. The molecule has 1 aliphatic carbocycles. The van der Waals surface area contributed by atoms with Crippen LogP contribution < -0.4 is 5.73 Å². The molecule has 0 heterocycles. The Bertz CT molecular complexity index is 200. The second-order valence-corrected chi connectivity index (χ2v) is 5.57. The van der Waals surface area contributed by atoms with Crippen molar-refractivity contribution >= 4 is 0 Å². The third kappa shape index (κ3) is 3.44. The van der Waals surface area contributed by atoms with Gasteiger partial charge in [0.05, 0.1) is 5.60 Å². The number of hydrogen-bond donors (Lipinski definition) is 2. The zero-order valence-corrected chi connectivity index (χ0v) is 10.5. The lowest BCUT2D eigenvalue weighted by molar-refractivity contribution is -0.0232. The second kappa shape index (κ2) is 4.81. The maximum Gasteiger partial charge on any atom is 0.0768 e. The number of rotatable bonds is 6. The van der Waals surface area contributed by atoms with Gasteiger partial charge in [-0.15, -0.1) is 0 Å². The molecule has 0 radical (unpaired) electrons. The van der Waals surface area contributed by atoms with Crippen LogP contribution in [-0.4, -0.2) is 41.8 Å². The van der Waals surface area contributed by atoms with Gasteiger partial charge in [-0.1, -0.05) is 13.8 Å². The molecule has 15 heavy (non-hydrogen) atoms. The predicted octanol–water partition coefficient (Wildman–Crippen LogP) is 1.06. The average Bonchev–Trinajstić information content (AvgIpc) is 2.88. The van der Waals surface area contributed by atoms with Crippen molar-refractivity contribution in [2.24, 2.45) is 17.6 Å². The van der Waals surface area contributed by atoms with Gasteiger partial charge in [0, 0.05) is 19.1 Å². The van der Waals surface area contributed by atoms with Crippen LogP contribution in [-0.2, 0) is 0 Å². The van der Waals surface area contributed by atoms with Crippen molar-refractivity contribution in [2.75, 3.05) is 20.1 Å². The van der Waals surface area contributed by atoms with Crippen LogP contribution in [0.5, 0.6) is 0 Å². The molecule has 1 rings (SSSR count). The molecular weight excluding hydrogens is 188 g/mol. The van der Waals surface area contributed by atoms with E-state index in [1.807, 2.05) is 6.92 Å². The summed E-state index contributed by atoms with van der Waals surface area (Å²) in [5, 5.41) is 10.2. The second-order valence-electron chi connectivity index (χ2n) is 5.57. The van der Waals surface area contributed by atoms with Crippen molar-refractivity contribution in [3.05, 3.63) is 0 Å². The Labute approximate surface area is 93.6 Å². The molecule has 2 unspecified atom stereocenters. The molecule has 0 bridgehead atoms. The van der Waals surface area contributed by atoms with Crippen LogP contribution in [0.25, 0.3) is 0 Å². The number of nitrogens with two attached hydrogens (primary N) is 1. The Morgan fingerprint density at radius 3 is 2.33 bits per heavy atom. The maximum atomic E-state index is 10.2. The largest absolute Gasteiger partial charge is 0.389 e. The molecule has 1 aliphatic rings. The SMILES string of the molecule is CC(C)C(C)(O)CN(C)C(CN)C1CC1. The smallest absolute Gasteiger partial charge is 0.0768 e. The summed E-state index contributed by atoms with van der Waals surface area (Å²) in [7, 11) is 2.08. The summed E-state index contributed by atoms with van der Waals surface area (Å²) < 4.78 is 0. The van der Waals surface area contributed by atoms with E-state index in [9.17, 15) is 5.11 Å². The third-order valence-electron chi connectivity index (χ3n) is 3.79. The Balaban J connectivity index is 2.48. The van der Waals surface area contributed by atoms with E-state index in [1.54, 1.807) is 0 Å². The molecule has 0 saturated heterocycles. The van der Waals surface area contributed by atoms with Gasteiger partial charge in [0.2, 0.25) is 0 Å². The lowest BCUT2D eigenvalue weighted by Crippen LogP contribution is -2.49. The van der Waals surface area contributed by atoms with Gasteiger partial charge < -0.3 is 10.8 Å². The van der Waals surface area contributed by atoms with Crippen LogP contribution in [0.4, 0.5) is 0 Å². The first kappa shape index (κ1) is 12.9. The van der Waals surface area contributed by atoms with Gasteiger partial charge in [0.1, 0.15) is 0 Å². The van der Waals surface area contributed by atoms with E-state index >= 15 is 0 Å². The Morgan fingerprint density at radius 1 is 1.47 bits per heavy atom. The summed E-state index contributed by atoms with van der Waals surface area (Å²) in [6.07, 6.45) is 2.60. The van der Waals surface area contributed by atoms with E-state index in [1.165, 1.54) is 12.8 Å². The Hall–Kier alpha value is -0.120. The summed E-state index contributed by atoms with van der Waals surface area (Å²) in [5.74, 6) is 1.04. The Kier molecular flexibility index (Phi) is 4.15. The fraction of sp³-hybridized carbons (Fsp3) is 1.00. The first-order valence-corrected chi connectivity index (χ1v) is 6.01. The minimum absolute atomic E-state index is 0.276. The first-order chi connectivity index (χ1) is 6.88. The van der Waals surface area contributed by atoms with E-state index in [2.05, 4.69) is 25.8 Å². The van der Waals surface area contributed by atoms with Gasteiger partial charge in [0.15, 0.2) is 0 Å². The van der Waals surface area contributed by atoms with E-state index < -0.39 is 5.60 Å². The molecule has 0 spiro atoms. The van der Waals surface area contributed by atoms with Gasteiger partial charge in [0.25, 0.3) is 0 Å². The zero-order chi connectivity index (χ0) is 11.6. The highest BCUT2D eigenvalue weighted by Crippen LogP contribution is 2.35. The molecule has 3 N–H and O–H groups in total. The van der Waals surface area contributed by atoms with Crippen LogP contribution in [0.1, 0.15) is 33.6 Å². The van der Waals surface area contributed by atoms with Crippen LogP contribution >= 0.6 is 0 Å². The number of likely N-dealkylation sites (N-methyl/N-ethyl adjacent to an activating group) is 1. The minimum Gasteiger partial charge on any atom is -0.389 e. The fourth-order valence-electron chi connectivity index (χ4n) is 2.02. The third-order valence-corrected chi connectivity index (χ3v) is 3.79. The molecule has 0 amide bonds. The van der Waals surface area contributed by atoms with Crippen LogP contribution in [0.2, 0.25) is 0 Å². The van der Waals surface area contributed by atoms with Crippen LogP contribution in [0.15, 0.2) is 0 Å². The van der Waals surface area contributed by atoms with Gasteiger partial charge in [-0.3, -0.25) is 4.90 Å². The first-order valence-electron chi connectivity index (χ1n) is 6.01. The van der Waals surface area contributed by atoms with Crippen LogP contribution in [0, 0.1) is 11.8 Å². The lowest BCUT2D eigenvalue weighted by Gasteiger charge is -2.36. The van der Waals surface area contributed by atoms with Crippen molar-refractivity contribution in [1.82, 2.24) is 4.90 Å². The molecular formula is C12H26N2O. The molecule has 0 aromatic heterocycles. The van der Waals surface area contributed by atoms with Gasteiger partial charge >= 0.3 is 0 Å². The van der Waals surface area contributed by atoms with Crippen molar-refractivity contribution in [1.29, 1.82) is 0 Å². The molecule has 3 heteroatoms. The highest BCUT2D eigenvalue weighted by molar-refractivity contribution is 4.90. The quantitative estimate of drug-likeness (QED) is 0.695. The van der Waals surface area contributed by atoms with E-state index in [0.29, 0.717) is 19.1 Å². The highest BCUT2D eigenvalue weighted by Gasteiger charge is 2.36. The predicted molar refractivity (Wildman–Crippen MR) is 63.7 cm³/mol. The molecule has 0 aromatic carbocycles. The Morgan fingerprint density at radius 2 is 2.00 bits per heavy atom. The van der Waals surface area contributed by atoms with E-state index in [-0.39, 0.29) is 5.92 Å². The van der Waals surface area contributed by atoms with Crippen molar-refractivity contribution in [3.63, 3.8) is 0 Å². The average molecular weight is 214 g/mol. The molecule has 1 fully saturated rings. The summed E-state index contributed by atoms with van der Waals surface area (Å²) in [5.41, 5.74) is 5.17. The highest BCUT2D eigenvalue weighted by atomic mass is 16.3. The molecule has 90 valence electrons. The molecule has 0 aromatic rings. The topological polar surface area (TPSA) is 49.5 Å². The summed E-state index contributed by atoms with van der Waals surface area (Å²) in [6.45, 7) is 7.44. The fourth-order valence-corrected chi connectivity index (χ4v) is 2.02. The normalized spacial score (nSPS) is 23.2. The molecule has 1 saturated carbocycles. The van der Waals surface area contributed by atoms with Crippen molar-refractivity contribution in [3.8, 4) is 0 Å². The number of nitrogens with zero attached hydrogens (tertiary/aromatic N) is 1. The summed E-state index contributed by atoms with van der Waals surface area (Å²) >= 11 is 0. The molecule has 2 atom stereocenters. The van der Waals surface area contributed by atoms with Gasteiger partial charge in [-0.2, -0.15) is 0 Å². The van der Waals surface area contributed by atoms with Crippen molar-refractivity contribution in [2.45, 2.75) is 45.3 Å². The molecule has 3 nitrogen and oxygen atoms in total. The van der Waals surface area contributed by atoms with Gasteiger partial charge in [-0.05, 0) is 38.6 Å². The van der Waals surface area contributed by atoms with Crippen LogP contribution in [0.3, 0.4) is 0 Å². The zero-order valence-electron chi connectivity index (χ0n) is 10.5. The van der Waals surface area contributed by atoms with Crippen molar-refractivity contribution < 1.29 is 5.11 Å².